The van der Waals surface area contributed by atoms with Crippen molar-refractivity contribution in [2.75, 3.05) is 6.61 Å². The summed E-state index contributed by atoms with van der Waals surface area (Å²) in [4.78, 5) is 35.9. The van der Waals surface area contributed by atoms with Gasteiger partial charge in [0.05, 0.1) is 6.21 Å². The van der Waals surface area contributed by atoms with E-state index in [-0.39, 0.29) is 5.70 Å². The first kappa shape index (κ1) is 24.7. The van der Waals surface area contributed by atoms with Gasteiger partial charge in [-0.2, -0.15) is 5.10 Å². The number of carboxylic acids is 1. The molecular formula is C27H23N3O5. The number of aliphatic carboxylic acids is 1. The first-order valence-electron chi connectivity index (χ1n) is 10.6. The van der Waals surface area contributed by atoms with Crippen LogP contribution >= 0.6 is 0 Å². The lowest BCUT2D eigenvalue weighted by Gasteiger charge is -2.08. The molecule has 8 nitrogen and oxygen atoms in total. The van der Waals surface area contributed by atoms with E-state index in [4.69, 9.17) is 9.84 Å². The predicted molar refractivity (Wildman–Crippen MR) is 133 cm³/mol. The zero-order valence-corrected chi connectivity index (χ0v) is 18.6. The van der Waals surface area contributed by atoms with Gasteiger partial charge in [0.15, 0.2) is 6.61 Å². The average Bonchev–Trinajstić information content (AvgIpc) is 2.88. The monoisotopic (exact) mass is 469 g/mol. The molecule has 176 valence electrons. The van der Waals surface area contributed by atoms with Gasteiger partial charge in [0.2, 0.25) is 0 Å². The molecule has 0 saturated carbocycles. The Hall–Kier alpha value is -4.98. The van der Waals surface area contributed by atoms with Crippen LogP contribution in [0.3, 0.4) is 0 Å². The van der Waals surface area contributed by atoms with Crippen molar-refractivity contribution in [1.82, 2.24) is 10.7 Å². The van der Waals surface area contributed by atoms with Crippen LogP contribution in [0.25, 0.3) is 6.08 Å². The van der Waals surface area contributed by atoms with Gasteiger partial charge in [-0.3, -0.25) is 9.59 Å². The van der Waals surface area contributed by atoms with Gasteiger partial charge in [0.25, 0.3) is 11.8 Å². The minimum absolute atomic E-state index is 0.0144. The second-order valence-electron chi connectivity index (χ2n) is 7.12. The summed E-state index contributed by atoms with van der Waals surface area (Å²) in [5.41, 5.74) is 4.41. The largest absolute Gasteiger partial charge is 0.482 e. The molecule has 0 aromatic heterocycles. The number of amides is 2. The number of ether oxygens (including phenoxy) is 1. The van der Waals surface area contributed by atoms with Crippen LogP contribution in [-0.4, -0.2) is 35.7 Å². The molecule has 3 rings (SSSR count). The summed E-state index contributed by atoms with van der Waals surface area (Å²) >= 11 is 0. The van der Waals surface area contributed by atoms with Crippen LogP contribution < -0.4 is 15.5 Å². The second kappa shape index (κ2) is 12.9. The summed E-state index contributed by atoms with van der Waals surface area (Å²) < 4.78 is 5.07. The topological polar surface area (TPSA) is 117 Å². The summed E-state index contributed by atoms with van der Waals surface area (Å²) in [7, 11) is 0. The normalized spacial score (nSPS) is 11.4. The number of benzene rings is 3. The van der Waals surface area contributed by atoms with E-state index in [1.165, 1.54) is 12.3 Å². The Morgan fingerprint density at radius 3 is 2.17 bits per heavy atom. The first-order valence-corrected chi connectivity index (χ1v) is 10.6. The van der Waals surface area contributed by atoms with Gasteiger partial charge in [-0.1, -0.05) is 60.7 Å². The molecule has 35 heavy (non-hydrogen) atoms. The maximum absolute atomic E-state index is 12.7. The van der Waals surface area contributed by atoms with Crippen LogP contribution in [0.5, 0.6) is 5.75 Å². The fourth-order valence-electron chi connectivity index (χ4n) is 2.80. The van der Waals surface area contributed by atoms with Crippen molar-refractivity contribution in [3.63, 3.8) is 0 Å². The van der Waals surface area contributed by atoms with E-state index >= 15 is 0 Å². The summed E-state index contributed by atoms with van der Waals surface area (Å²) in [6.07, 6.45) is 6.37. The Bertz CT molecular complexity index is 1230. The van der Waals surface area contributed by atoms with Gasteiger partial charge in [-0.25, -0.2) is 10.2 Å². The summed E-state index contributed by atoms with van der Waals surface area (Å²) in [6.45, 7) is -0.438. The lowest BCUT2D eigenvalue weighted by atomic mass is 10.2. The van der Waals surface area contributed by atoms with E-state index in [9.17, 15) is 14.4 Å². The Morgan fingerprint density at radius 1 is 0.857 bits per heavy atom. The number of rotatable bonds is 10. The van der Waals surface area contributed by atoms with Gasteiger partial charge in [-0.15, -0.1) is 0 Å². The highest BCUT2D eigenvalue weighted by Gasteiger charge is 2.13. The molecule has 0 atom stereocenters. The molecule has 0 aliphatic rings. The standard InChI is InChI=1S/C27H23N3O5/c31-25(32)19-35-23-16-14-21(15-17-23)18-28-30-27(34)24(13-7-10-20-8-3-1-4-9-20)29-26(33)22-11-5-2-6-12-22/h1-18H,19H2,(H,29,33)(H,30,34)(H,31,32). The van der Waals surface area contributed by atoms with Crippen molar-refractivity contribution in [3.8, 4) is 5.75 Å². The Balaban J connectivity index is 1.68. The molecule has 0 radical (unpaired) electrons. The van der Waals surface area contributed by atoms with E-state index in [1.54, 1.807) is 66.7 Å². The zero-order chi connectivity index (χ0) is 24.9. The molecule has 3 N–H and O–H groups in total. The minimum Gasteiger partial charge on any atom is -0.482 e. The van der Waals surface area contributed by atoms with Crippen LogP contribution in [0, 0.1) is 0 Å². The lowest BCUT2D eigenvalue weighted by molar-refractivity contribution is -0.139. The van der Waals surface area contributed by atoms with Gasteiger partial charge in [0, 0.05) is 5.56 Å². The smallest absolute Gasteiger partial charge is 0.341 e. The van der Waals surface area contributed by atoms with E-state index in [2.05, 4.69) is 15.8 Å². The highest BCUT2D eigenvalue weighted by molar-refractivity contribution is 6.03. The number of allylic oxidation sites excluding steroid dienone is 2. The maximum Gasteiger partial charge on any atom is 0.341 e. The highest BCUT2D eigenvalue weighted by atomic mass is 16.5. The third-order valence-corrected chi connectivity index (χ3v) is 4.50. The third-order valence-electron chi connectivity index (χ3n) is 4.50. The number of hydrogen-bond acceptors (Lipinski definition) is 5. The molecule has 0 aliphatic carbocycles. The van der Waals surface area contributed by atoms with Crippen molar-refractivity contribution in [2.24, 2.45) is 5.10 Å². The van der Waals surface area contributed by atoms with Gasteiger partial charge < -0.3 is 15.2 Å². The Morgan fingerprint density at radius 2 is 1.51 bits per heavy atom. The van der Waals surface area contributed by atoms with Gasteiger partial charge in [0.1, 0.15) is 11.4 Å². The fraction of sp³-hybridized carbons (Fsp3) is 0.0370. The van der Waals surface area contributed by atoms with Gasteiger partial charge in [-0.05, 0) is 53.6 Å². The van der Waals surface area contributed by atoms with E-state index in [1.807, 2.05) is 30.3 Å². The molecule has 0 spiro atoms. The van der Waals surface area contributed by atoms with Crippen LogP contribution in [-0.2, 0) is 9.59 Å². The fourth-order valence-corrected chi connectivity index (χ4v) is 2.80. The number of nitrogens with one attached hydrogen (secondary N) is 2. The van der Waals surface area contributed by atoms with E-state index in [0.717, 1.165) is 5.56 Å². The maximum atomic E-state index is 12.7. The predicted octanol–water partition coefficient (Wildman–Crippen LogP) is 3.63. The minimum atomic E-state index is -1.07. The van der Waals surface area contributed by atoms with Crippen LogP contribution in [0.15, 0.2) is 108 Å². The summed E-state index contributed by atoms with van der Waals surface area (Å²) in [5, 5.41) is 15.2. The van der Waals surface area contributed by atoms with Crippen molar-refractivity contribution in [1.29, 1.82) is 0 Å². The molecule has 3 aromatic rings. The number of hydrogen-bond donors (Lipinski definition) is 3. The highest BCUT2D eigenvalue weighted by Crippen LogP contribution is 2.11. The number of nitrogens with zero attached hydrogens (tertiary/aromatic N) is 1. The molecule has 0 aliphatic heterocycles. The summed E-state index contributed by atoms with van der Waals surface area (Å²) in [6, 6.07) is 24.6. The molecule has 8 heteroatoms. The van der Waals surface area contributed by atoms with Gasteiger partial charge >= 0.3 is 5.97 Å². The van der Waals surface area contributed by atoms with Crippen LogP contribution in [0.2, 0.25) is 0 Å². The number of carbonyl (C=O) groups excluding carboxylic acids is 2. The third kappa shape index (κ3) is 8.47. The molecule has 0 heterocycles. The Labute approximate surface area is 202 Å². The van der Waals surface area contributed by atoms with E-state index in [0.29, 0.717) is 16.9 Å². The molecule has 2 amide bonds. The molecule has 0 bridgehead atoms. The SMILES string of the molecule is O=C(O)COc1ccc(C=NNC(=O)C(=CC=Cc2ccccc2)NC(=O)c2ccccc2)cc1. The number of carboxylic acid groups (broad SMARTS) is 1. The quantitative estimate of drug-likeness (QED) is 0.181. The molecule has 0 fully saturated rings. The van der Waals surface area contributed by atoms with Crippen molar-refractivity contribution < 1.29 is 24.2 Å². The van der Waals surface area contributed by atoms with Crippen LogP contribution in [0.4, 0.5) is 0 Å². The summed E-state index contributed by atoms with van der Waals surface area (Å²) in [5.74, 6) is -1.71. The average molecular weight is 469 g/mol. The van der Waals surface area contributed by atoms with Crippen molar-refractivity contribution in [2.45, 2.75) is 0 Å². The molecule has 0 unspecified atom stereocenters. The van der Waals surface area contributed by atoms with E-state index < -0.39 is 24.4 Å². The zero-order valence-electron chi connectivity index (χ0n) is 18.6. The molecule has 0 saturated heterocycles. The van der Waals surface area contributed by atoms with Crippen LogP contribution in [0.1, 0.15) is 21.5 Å². The van der Waals surface area contributed by atoms with Crippen molar-refractivity contribution >= 4 is 30.1 Å². The molecule has 3 aromatic carbocycles. The first-order chi connectivity index (χ1) is 17.0. The number of carbonyl (C=O) groups is 3. The Kier molecular flexibility index (Phi) is 9.09. The molecular weight excluding hydrogens is 446 g/mol. The lowest BCUT2D eigenvalue weighted by Crippen LogP contribution is -2.32. The van der Waals surface area contributed by atoms with Crippen molar-refractivity contribution in [3.05, 3.63) is 119 Å². The second-order valence-corrected chi connectivity index (χ2v) is 7.12. The number of hydrazone groups is 1.